The molecule has 1 heterocycles. The Labute approximate surface area is 180 Å². The third-order valence-corrected chi connectivity index (χ3v) is 4.78. The van der Waals surface area contributed by atoms with Gasteiger partial charge < -0.3 is 29.0 Å². The number of rotatable bonds is 8. The number of nitrogens with one attached hydrogen (secondary N) is 2. The Morgan fingerprint density at radius 2 is 1.42 bits per heavy atom. The number of aryl methyl sites for hydroxylation is 1. The van der Waals surface area contributed by atoms with E-state index in [-0.39, 0.29) is 5.56 Å². The minimum absolute atomic E-state index is 0.281. The summed E-state index contributed by atoms with van der Waals surface area (Å²) in [7, 11) is 7.60. The van der Waals surface area contributed by atoms with Crippen LogP contribution in [0, 0.1) is 6.92 Å². The summed E-state index contributed by atoms with van der Waals surface area (Å²) in [6, 6.07) is 8.66. The number of methoxy groups -OCH3 is 5. The topological polar surface area (TPSA) is 104 Å². The molecular weight excluding hydrogens is 402 g/mol. The number of aromatic nitrogens is 2. The van der Waals surface area contributed by atoms with Crippen molar-refractivity contribution in [2.45, 2.75) is 6.92 Å². The SMILES string of the molecule is COc1cc(-c2n[nH]c(C)c2NC(=O)c2c(OC)cccc2OC)cc(OC)c1OC. The fourth-order valence-electron chi connectivity index (χ4n) is 3.26. The number of carbonyl (C=O) groups is 1. The van der Waals surface area contributed by atoms with E-state index >= 15 is 0 Å². The van der Waals surface area contributed by atoms with Crippen LogP contribution in [-0.2, 0) is 0 Å². The molecule has 0 saturated heterocycles. The molecule has 3 rings (SSSR count). The number of anilines is 1. The van der Waals surface area contributed by atoms with Crippen molar-refractivity contribution in [1.29, 1.82) is 0 Å². The van der Waals surface area contributed by atoms with Crippen LogP contribution in [0.1, 0.15) is 16.1 Å². The van der Waals surface area contributed by atoms with E-state index < -0.39 is 5.91 Å². The smallest absolute Gasteiger partial charge is 0.263 e. The zero-order valence-corrected chi connectivity index (χ0v) is 18.3. The molecule has 3 aromatic rings. The van der Waals surface area contributed by atoms with Crippen LogP contribution in [-0.4, -0.2) is 51.7 Å². The first-order valence-corrected chi connectivity index (χ1v) is 9.36. The third kappa shape index (κ3) is 4.07. The van der Waals surface area contributed by atoms with Crippen LogP contribution in [0.25, 0.3) is 11.3 Å². The fraction of sp³-hybridized carbons (Fsp3) is 0.273. The maximum absolute atomic E-state index is 13.2. The molecule has 0 saturated carbocycles. The molecule has 9 heteroatoms. The highest BCUT2D eigenvalue weighted by Gasteiger charge is 2.23. The van der Waals surface area contributed by atoms with Crippen molar-refractivity contribution in [3.63, 3.8) is 0 Å². The number of nitrogens with zero attached hydrogens (tertiary/aromatic N) is 1. The highest BCUT2D eigenvalue weighted by molar-refractivity contribution is 6.10. The zero-order chi connectivity index (χ0) is 22.5. The predicted molar refractivity (Wildman–Crippen MR) is 116 cm³/mol. The lowest BCUT2D eigenvalue weighted by Gasteiger charge is -2.15. The molecule has 0 atom stereocenters. The van der Waals surface area contributed by atoms with Crippen LogP contribution in [0.15, 0.2) is 30.3 Å². The molecule has 164 valence electrons. The fourth-order valence-corrected chi connectivity index (χ4v) is 3.26. The van der Waals surface area contributed by atoms with Gasteiger partial charge in [0.15, 0.2) is 11.5 Å². The molecule has 0 aliphatic rings. The minimum atomic E-state index is -0.396. The average molecular weight is 427 g/mol. The van der Waals surface area contributed by atoms with Gasteiger partial charge >= 0.3 is 0 Å². The van der Waals surface area contributed by atoms with Gasteiger partial charge in [0.25, 0.3) is 5.91 Å². The average Bonchev–Trinajstić information content (AvgIpc) is 3.16. The number of ether oxygens (including phenoxy) is 5. The maximum Gasteiger partial charge on any atom is 0.263 e. The lowest BCUT2D eigenvalue weighted by Crippen LogP contribution is -2.15. The molecule has 0 spiro atoms. The largest absolute Gasteiger partial charge is 0.496 e. The molecule has 31 heavy (non-hydrogen) atoms. The molecule has 1 amide bonds. The van der Waals surface area contributed by atoms with Gasteiger partial charge in [0.05, 0.1) is 46.9 Å². The van der Waals surface area contributed by atoms with E-state index in [1.807, 2.05) is 6.92 Å². The quantitative estimate of drug-likeness (QED) is 0.565. The van der Waals surface area contributed by atoms with E-state index in [2.05, 4.69) is 15.5 Å². The summed E-state index contributed by atoms with van der Waals surface area (Å²) in [5.74, 6) is 1.81. The molecule has 0 unspecified atom stereocenters. The van der Waals surface area contributed by atoms with Crippen LogP contribution in [0.5, 0.6) is 28.7 Å². The maximum atomic E-state index is 13.2. The molecule has 2 N–H and O–H groups in total. The van der Waals surface area contributed by atoms with Gasteiger partial charge in [-0.1, -0.05) is 6.07 Å². The molecular formula is C22H25N3O6. The molecule has 1 aromatic heterocycles. The molecule has 0 fully saturated rings. The summed E-state index contributed by atoms with van der Waals surface area (Å²) in [4.78, 5) is 13.2. The second kappa shape index (κ2) is 9.29. The lowest BCUT2D eigenvalue weighted by molar-refractivity contribution is 0.102. The van der Waals surface area contributed by atoms with Gasteiger partial charge in [-0.3, -0.25) is 9.89 Å². The van der Waals surface area contributed by atoms with Gasteiger partial charge in [-0.05, 0) is 31.2 Å². The Morgan fingerprint density at radius 3 is 1.90 bits per heavy atom. The number of aromatic amines is 1. The summed E-state index contributed by atoms with van der Waals surface area (Å²) in [5, 5.41) is 10.2. The molecule has 2 aromatic carbocycles. The first-order chi connectivity index (χ1) is 15.0. The van der Waals surface area contributed by atoms with Gasteiger partial charge in [0, 0.05) is 5.56 Å². The van der Waals surface area contributed by atoms with Gasteiger partial charge in [-0.25, -0.2) is 0 Å². The number of benzene rings is 2. The summed E-state index contributed by atoms with van der Waals surface area (Å²) in [6.07, 6.45) is 0. The van der Waals surface area contributed by atoms with Crippen LogP contribution < -0.4 is 29.0 Å². The van der Waals surface area contributed by atoms with Gasteiger partial charge in [0.1, 0.15) is 22.8 Å². The Balaban J connectivity index is 2.07. The van der Waals surface area contributed by atoms with E-state index in [1.54, 1.807) is 30.3 Å². The number of hydrogen-bond acceptors (Lipinski definition) is 7. The Kier molecular flexibility index (Phi) is 6.54. The summed E-state index contributed by atoms with van der Waals surface area (Å²) in [6.45, 7) is 1.81. The number of H-pyrrole nitrogens is 1. The van der Waals surface area contributed by atoms with E-state index in [0.29, 0.717) is 51.4 Å². The van der Waals surface area contributed by atoms with E-state index in [4.69, 9.17) is 23.7 Å². The zero-order valence-electron chi connectivity index (χ0n) is 18.3. The van der Waals surface area contributed by atoms with E-state index in [0.717, 1.165) is 0 Å². The van der Waals surface area contributed by atoms with Crippen molar-refractivity contribution in [3.05, 3.63) is 41.6 Å². The summed E-state index contributed by atoms with van der Waals surface area (Å²) < 4.78 is 26.9. The lowest BCUT2D eigenvalue weighted by atomic mass is 10.1. The highest BCUT2D eigenvalue weighted by Crippen LogP contribution is 2.42. The van der Waals surface area contributed by atoms with Crippen molar-refractivity contribution in [3.8, 4) is 40.0 Å². The molecule has 0 aliphatic heterocycles. The highest BCUT2D eigenvalue weighted by atomic mass is 16.5. The van der Waals surface area contributed by atoms with Gasteiger partial charge in [-0.15, -0.1) is 0 Å². The van der Waals surface area contributed by atoms with E-state index in [9.17, 15) is 4.79 Å². The normalized spacial score (nSPS) is 10.4. The standard InChI is InChI=1S/C22H25N3O6/c1-12-19(23-22(26)18-14(27-2)8-7-9-15(18)28-3)20(25-24-12)13-10-16(29-4)21(31-6)17(11-13)30-5/h7-11H,1-6H3,(H,23,26)(H,24,25). The number of amides is 1. The number of carbonyl (C=O) groups excluding carboxylic acids is 1. The first-order valence-electron chi connectivity index (χ1n) is 9.36. The predicted octanol–water partition coefficient (Wildman–Crippen LogP) is 3.68. The molecule has 9 nitrogen and oxygen atoms in total. The summed E-state index contributed by atoms with van der Waals surface area (Å²) >= 11 is 0. The Morgan fingerprint density at radius 1 is 0.871 bits per heavy atom. The monoisotopic (exact) mass is 427 g/mol. The van der Waals surface area contributed by atoms with Crippen LogP contribution in [0.3, 0.4) is 0 Å². The number of hydrogen-bond donors (Lipinski definition) is 2. The molecule has 0 aliphatic carbocycles. The van der Waals surface area contributed by atoms with Gasteiger partial charge in [0.2, 0.25) is 5.75 Å². The second-order valence-corrected chi connectivity index (χ2v) is 6.48. The van der Waals surface area contributed by atoms with Crippen LogP contribution >= 0.6 is 0 Å². The minimum Gasteiger partial charge on any atom is -0.496 e. The van der Waals surface area contributed by atoms with Crippen molar-refractivity contribution >= 4 is 11.6 Å². The van der Waals surface area contributed by atoms with Crippen molar-refractivity contribution in [2.24, 2.45) is 0 Å². The summed E-state index contributed by atoms with van der Waals surface area (Å²) in [5.41, 5.74) is 2.64. The van der Waals surface area contributed by atoms with Crippen LogP contribution in [0.2, 0.25) is 0 Å². The van der Waals surface area contributed by atoms with Gasteiger partial charge in [-0.2, -0.15) is 5.10 Å². The Bertz CT molecular complexity index is 1050. The molecule has 0 bridgehead atoms. The van der Waals surface area contributed by atoms with E-state index in [1.165, 1.54) is 35.5 Å². The van der Waals surface area contributed by atoms with Crippen molar-refractivity contribution in [1.82, 2.24) is 10.2 Å². The second-order valence-electron chi connectivity index (χ2n) is 6.48. The third-order valence-electron chi connectivity index (χ3n) is 4.78. The van der Waals surface area contributed by atoms with Crippen molar-refractivity contribution in [2.75, 3.05) is 40.9 Å². The first kappa shape index (κ1) is 21.8. The Hall–Kier alpha value is -3.88. The molecule has 0 radical (unpaired) electrons. The van der Waals surface area contributed by atoms with Crippen LogP contribution in [0.4, 0.5) is 5.69 Å². The van der Waals surface area contributed by atoms with Crippen molar-refractivity contribution < 1.29 is 28.5 Å².